The number of hydrogen-bond acceptors (Lipinski definition) is 5. The zero-order valence-corrected chi connectivity index (χ0v) is 17.7. The number of fused-ring (bicyclic) bond motifs is 1. The number of nitrogens with one attached hydrogen (secondary N) is 2. The standard InChI is InChI=1S/C22H23FN4O4/c1-13-24-17-8-6-5-7-15(17)20(29)27(13)12-19(28)25-14-9-10-16(23)18(11-14)26-21(30)31-22(2,3)4/h5-11H,12H2,1-4H3,(H,25,28)(H,26,30). The lowest BCUT2D eigenvalue weighted by Crippen LogP contribution is -2.30. The van der Waals surface area contributed by atoms with Gasteiger partial charge in [-0.05, 0) is 58.0 Å². The first-order valence-corrected chi connectivity index (χ1v) is 9.59. The predicted molar refractivity (Wildman–Crippen MR) is 116 cm³/mol. The first-order valence-electron chi connectivity index (χ1n) is 9.59. The van der Waals surface area contributed by atoms with Crippen molar-refractivity contribution >= 4 is 34.3 Å². The largest absolute Gasteiger partial charge is 0.444 e. The Balaban J connectivity index is 1.76. The molecule has 0 fully saturated rings. The van der Waals surface area contributed by atoms with Gasteiger partial charge in [-0.15, -0.1) is 0 Å². The zero-order chi connectivity index (χ0) is 22.8. The fourth-order valence-corrected chi connectivity index (χ4v) is 2.92. The zero-order valence-electron chi connectivity index (χ0n) is 17.7. The van der Waals surface area contributed by atoms with Crippen molar-refractivity contribution in [2.45, 2.75) is 39.8 Å². The van der Waals surface area contributed by atoms with Crippen LogP contribution in [0.15, 0.2) is 47.3 Å². The van der Waals surface area contributed by atoms with Crippen LogP contribution in [0.2, 0.25) is 0 Å². The van der Waals surface area contributed by atoms with Crippen LogP contribution >= 0.6 is 0 Å². The summed E-state index contributed by atoms with van der Waals surface area (Å²) in [6, 6.07) is 10.6. The molecule has 0 aliphatic carbocycles. The molecule has 0 spiro atoms. The molecule has 0 bridgehead atoms. The predicted octanol–water partition coefficient (Wildman–Crippen LogP) is 3.83. The molecule has 2 aromatic carbocycles. The Labute approximate surface area is 178 Å². The van der Waals surface area contributed by atoms with E-state index in [1.807, 2.05) is 0 Å². The summed E-state index contributed by atoms with van der Waals surface area (Å²) in [5.41, 5.74) is -0.418. The molecule has 2 amide bonds. The highest BCUT2D eigenvalue weighted by Crippen LogP contribution is 2.21. The molecule has 0 saturated carbocycles. The molecule has 1 aromatic heterocycles. The number of para-hydroxylation sites is 1. The molecular weight excluding hydrogens is 403 g/mol. The molecule has 0 atom stereocenters. The second-order valence-electron chi connectivity index (χ2n) is 7.94. The fraction of sp³-hybridized carbons (Fsp3) is 0.273. The number of rotatable bonds is 4. The Hall–Kier alpha value is -3.75. The van der Waals surface area contributed by atoms with Crippen molar-refractivity contribution in [1.29, 1.82) is 0 Å². The summed E-state index contributed by atoms with van der Waals surface area (Å²) >= 11 is 0. The van der Waals surface area contributed by atoms with Gasteiger partial charge in [0.2, 0.25) is 5.91 Å². The van der Waals surface area contributed by atoms with Crippen molar-refractivity contribution in [3.05, 3.63) is 64.5 Å². The number of halogens is 1. The highest BCUT2D eigenvalue weighted by Gasteiger charge is 2.18. The molecule has 0 saturated heterocycles. The molecule has 0 aliphatic heterocycles. The van der Waals surface area contributed by atoms with Gasteiger partial charge in [0.1, 0.15) is 23.8 Å². The number of carbonyl (C=O) groups is 2. The van der Waals surface area contributed by atoms with Crippen LogP contribution in [0.5, 0.6) is 0 Å². The number of aryl methyl sites for hydroxylation is 1. The maximum Gasteiger partial charge on any atom is 0.412 e. The molecule has 0 unspecified atom stereocenters. The Morgan fingerprint density at radius 3 is 2.55 bits per heavy atom. The highest BCUT2D eigenvalue weighted by molar-refractivity contribution is 5.92. The third-order valence-electron chi connectivity index (χ3n) is 4.24. The molecule has 9 heteroatoms. The summed E-state index contributed by atoms with van der Waals surface area (Å²) in [5, 5.41) is 5.32. The molecule has 0 radical (unpaired) electrons. The maximum atomic E-state index is 14.1. The molecule has 31 heavy (non-hydrogen) atoms. The lowest BCUT2D eigenvalue weighted by molar-refractivity contribution is -0.116. The quantitative estimate of drug-likeness (QED) is 0.660. The lowest BCUT2D eigenvalue weighted by Gasteiger charge is -2.20. The molecule has 3 rings (SSSR count). The second kappa shape index (κ2) is 8.55. The Morgan fingerprint density at radius 1 is 1.13 bits per heavy atom. The van der Waals surface area contributed by atoms with E-state index < -0.39 is 23.4 Å². The van der Waals surface area contributed by atoms with Crippen molar-refractivity contribution in [3.8, 4) is 0 Å². The van der Waals surface area contributed by atoms with E-state index in [4.69, 9.17) is 4.74 Å². The van der Waals surface area contributed by atoms with Crippen LogP contribution in [0.3, 0.4) is 0 Å². The van der Waals surface area contributed by atoms with Crippen molar-refractivity contribution in [2.24, 2.45) is 0 Å². The summed E-state index contributed by atoms with van der Waals surface area (Å²) in [6.45, 7) is 6.43. The molecule has 1 heterocycles. The van der Waals surface area contributed by atoms with E-state index in [0.717, 1.165) is 6.07 Å². The lowest BCUT2D eigenvalue weighted by atomic mass is 10.2. The highest BCUT2D eigenvalue weighted by atomic mass is 19.1. The summed E-state index contributed by atoms with van der Waals surface area (Å²) in [4.78, 5) is 41.5. The smallest absolute Gasteiger partial charge is 0.412 e. The van der Waals surface area contributed by atoms with Crippen molar-refractivity contribution in [2.75, 3.05) is 10.6 Å². The van der Waals surface area contributed by atoms with Crippen molar-refractivity contribution in [3.63, 3.8) is 0 Å². The normalized spacial score (nSPS) is 11.3. The topological polar surface area (TPSA) is 102 Å². The second-order valence-corrected chi connectivity index (χ2v) is 7.94. The van der Waals surface area contributed by atoms with Gasteiger partial charge in [0, 0.05) is 5.69 Å². The molecular formula is C22H23FN4O4. The van der Waals surface area contributed by atoms with Crippen LogP contribution in [0.4, 0.5) is 20.6 Å². The van der Waals surface area contributed by atoms with Gasteiger partial charge in [0.25, 0.3) is 5.56 Å². The van der Waals surface area contributed by atoms with Gasteiger partial charge >= 0.3 is 6.09 Å². The van der Waals surface area contributed by atoms with Crippen molar-refractivity contribution in [1.82, 2.24) is 9.55 Å². The monoisotopic (exact) mass is 426 g/mol. The van der Waals surface area contributed by atoms with Gasteiger partial charge in [0.15, 0.2) is 0 Å². The summed E-state index contributed by atoms with van der Waals surface area (Å²) in [7, 11) is 0. The molecule has 3 aromatic rings. The number of benzene rings is 2. The third-order valence-corrected chi connectivity index (χ3v) is 4.24. The van der Waals surface area contributed by atoms with Crippen molar-refractivity contribution < 1.29 is 18.7 Å². The van der Waals surface area contributed by atoms with Gasteiger partial charge in [-0.3, -0.25) is 19.5 Å². The molecule has 2 N–H and O–H groups in total. The Kier molecular flexibility index (Phi) is 6.05. The van der Waals surface area contributed by atoms with Crippen LogP contribution in [0.25, 0.3) is 10.9 Å². The minimum Gasteiger partial charge on any atom is -0.444 e. The Morgan fingerprint density at radius 2 is 1.84 bits per heavy atom. The van der Waals surface area contributed by atoms with E-state index >= 15 is 0 Å². The molecule has 0 aliphatic rings. The van der Waals surface area contributed by atoms with Gasteiger partial charge in [-0.2, -0.15) is 0 Å². The van der Waals surface area contributed by atoms with Crippen LogP contribution in [0.1, 0.15) is 26.6 Å². The fourth-order valence-electron chi connectivity index (χ4n) is 2.92. The summed E-state index contributed by atoms with van der Waals surface area (Å²) < 4.78 is 20.4. The number of carbonyl (C=O) groups excluding carboxylic acids is 2. The third kappa shape index (κ3) is 5.44. The maximum absolute atomic E-state index is 14.1. The first-order chi connectivity index (χ1) is 14.5. The van der Waals surface area contributed by atoms with Gasteiger partial charge in [-0.25, -0.2) is 14.2 Å². The summed E-state index contributed by atoms with van der Waals surface area (Å²) in [6.07, 6.45) is -0.820. The number of anilines is 2. The van der Waals surface area contributed by atoms with E-state index in [2.05, 4.69) is 15.6 Å². The van der Waals surface area contributed by atoms with Crippen LogP contribution in [0, 0.1) is 12.7 Å². The SMILES string of the molecule is Cc1nc2ccccc2c(=O)n1CC(=O)Nc1ccc(F)c(NC(=O)OC(C)(C)C)c1. The summed E-state index contributed by atoms with van der Waals surface area (Å²) in [5.74, 6) is -0.794. The van der Waals surface area contributed by atoms with Gasteiger partial charge < -0.3 is 10.1 Å². The Bertz CT molecular complexity index is 1210. The van der Waals surface area contributed by atoms with Crippen LogP contribution in [-0.4, -0.2) is 27.2 Å². The number of nitrogens with zero attached hydrogens (tertiary/aromatic N) is 2. The average molecular weight is 426 g/mol. The average Bonchev–Trinajstić information content (AvgIpc) is 2.66. The number of ether oxygens (including phenoxy) is 1. The number of aromatic nitrogens is 2. The van der Waals surface area contributed by atoms with E-state index in [-0.39, 0.29) is 23.5 Å². The number of hydrogen-bond donors (Lipinski definition) is 2. The van der Waals surface area contributed by atoms with Crippen LogP contribution in [-0.2, 0) is 16.1 Å². The minimum absolute atomic E-state index is 0.146. The van der Waals surface area contributed by atoms with Gasteiger partial charge in [0.05, 0.1) is 16.6 Å². The molecule has 162 valence electrons. The van der Waals surface area contributed by atoms with Crippen LogP contribution < -0.4 is 16.2 Å². The first kappa shape index (κ1) is 21.9. The molecule has 8 nitrogen and oxygen atoms in total. The van der Waals surface area contributed by atoms with E-state index in [0.29, 0.717) is 16.7 Å². The minimum atomic E-state index is -0.820. The van der Waals surface area contributed by atoms with E-state index in [9.17, 15) is 18.8 Å². The van der Waals surface area contributed by atoms with Gasteiger partial charge in [-0.1, -0.05) is 12.1 Å². The van der Waals surface area contributed by atoms with E-state index in [1.165, 1.54) is 16.7 Å². The number of amides is 2. The van der Waals surface area contributed by atoms with E-state index in [1.54, 1.807) is 52.0 Å².